The van der Waals surface area contributed by atoms with Crippen molar-refractivity contribution in [3.8, 4) is 0 Å². The van der Waals surface area contributed by atoms with Crippen molar-refractivity contribution in [3.05, 3.63) is 35.9 Å². The molecule has 0 amide bonds. The Hall–Kier alpha value is -0.820. The summed E-state index contributed by atoms with van der Waals surface area (Å²) in [6.45, 7) is 2.58. The summed E-state index contributed by atoms with van der Waals surface area (Å²) in [7, 11) is 0. The van der Waals surface area contributed by atoms with Crippen LogP contribution in [0.4, 0.5) is 0 Å². The third-order valence-electron chi connectivity index (χ3n) is 3.03. The van der Waals surface area contributed by atoms with Crippen molar-refractivity contribution >= 4 is 0 Å². The molecular weight excluding hydrogens is 184 g/mol. The minimum Gasteiger partial charge on any atom is -0.396 e. The molecule has 0 aliphatic carbocycles. The predicted octanol–water partition coefficient (Wildman–Crippen LogP) is 3.42. The van der Waals surface area contributed by atoms with Crippen molar-refractivity contribution in [2.75, 3.05) is 6.61 Å². The van der Waals surface area contributed by atoms with Crippen molar-refractivity contribution in [1.82, 2.24) is 0 Å². The molecule has 0 heterocycles. The normalized spacial score (nSPS) is 12.7. The van der Waals surface area contributed by atoms with Gasteiger partial charge in [-0.3, -0.25) is 0 Å². The highest BCUT2D eigenvalue weighted by atomic mass is 16.2. The largest absolute Gasteiger partial charge is 0.396 e. The van der Waals surface area contributed by atoms with Crippen molar-refractivity contribution in [1.29, 1.82) is 0 Å². The number of aryl methyl sites for hydroxylation is 1. The number of benzene rings is 1. The quantitative estimate of drug-likeness (QED) is 0.724. The average Bonchev–Trinajstić information content (AvgIpc) is 2.31. The molecule has 1 aromatic rings. The fraction of sp³-hybridized carbons (Fsp3) is 0.571. The molecule has 0 aromatic heterocycles. The molecular formula is C14H22O. The first kappa shape index (κ1) is 12.3. The van der Waals surface area contributed by atoms with Gasteiger partial charge in [-0.05, 0) is 37.2 Å². The molecule has 15 heavy (non-hydrogen) atoms. The molecule has 0 saturated carbocycles. The third-order valence-corrected chi connectivity index (χ3v) is 3.03. The van der Waals surface area contributed by atoms with Crippen LogP contribution >= 0.6 is 0 Å². The Morgan fingerprint density at radius 2 is 1.87 bits per heavy atom. The molecule has 0 radical (unpaired) electrons. The topological polar surface area (TPSA) is 20.2 Å². The second-order valence-electron chi connectivity index (χ2n) is 4.16. The van der Waals surface area contributed by atoms with Crippen LogP contribution in [0.1, 0.15) is 38.2 Å². The highest BCUT2D eigenvalue weighted by Gasteiger charge is 2.05. The molecule has 1 heteroatoms. The highest BCUT2D eigenvalue weighted by Crippen LogP contribution is 2.18. The van der Waals surface area contributed by atoms with Crippen molar-refractivity contribution in [2.45, 2.75) is 39.0 Å². The van der Waals surface area contributed by atoms with Crippen LogP contribution in [0.5, 0.6) is 0 Å². The fourth-order valence-electron chi connectivity index (χ4n) is 1.95. The van der Waals surface area contributed by atoms with Crippen molar-refractivity contribution < 1.29 is 5.11 Å². The summed E-state index contributed by atoms with van der Waals surface area (Å²) in [5, 5.41) is 8.80. The Bertz CT molecular complexity index is 243. The summed E-state index contributed by atoms with van der Waals surface area (Å²) < 4.78 is 0. The summed E-state index contributed by atoms with van der Waals surface area (Å²) in [5.74, 6) is 0.775. The Balaban J connectivity index is 2.28. The third kappa shape index (κ3) is 4.98. The van der Waals surface area contributed by atoms with Gasteiger partial charge in [0.25, 0.3) is 0 Å². The number of hydrogen-bond acceptors (Lipinski definition) is 1. The summed E-state index contributed by atoms with van der Waals surface area (Å²) >= 11 is 0. The van der Waals surface area contributed by atoms with E-state index in [1.807, 2.05) is 0 Å². The number of hydrogen-bond donors (Lipinski definition) is 1. The lowest BCUT2D eigenvalue weighted by Gasteiger charge is -2.13. The Labute approximate surface area is 93.1 Å². The molecule has 0 fully saturated rings. The summed E-state index contributed by atoms with van der Waals surface area (Å²) in [6, 6.07) is 10.7. The maximum absolute atomic E-state index is 8.80. The zero-order chi connectivity index (χ0) is 10.9. The Morgan fingerprint density at radius 3 is 2.47 bits per heavy atom. The minimum absolute atomic E-state index is 0.335. The summed E-state index contributed by atoms with van der Waals surface area (Å²) in [5.41, 5.74) is 1.43. The van der Waals surface area contributed by atoms with E-state index in [0.29, 0.717) is 6.61 Å². The number of rotatable bonds is 7. The Morgan fingerprint density at radius 1 is 1.13 bits per heavy atom. The van der Waals surface area contributed by atoms with Crippen LogP contribution in [-0.4, -0.2) is 11.7 Å². The molecule has 0 saturated heterocycles. The molecule has 1 N–H and O–H groups in total. The van der Waals surface area contributed by atoms with E-state index in [4.69, 9.17) is 5.11 Å². The monoisotopic (exact) mass is 206 g/mol. The van der Waals surface area contributed by atoms with Gasteiger partial charge in [-0.25, -0.2) is 0 Å². The zero-order valence-corrected chi connectivity index (χ0v) is 9.65. The molecule has 1 nitrogen and oxygen atoms in total. The van der Waals surface area contributed by atoms with Crippen LogP contribution in [0.2, 0.25) is 0 Å². The van der Waals surface area contributed by atoms with Gasteiger partial charge in [-0.2, -0.15) is 0 Å². The maximum atomic E-state index is 8.80. The second-order valence-corrected chi connectivity index (χ2v) is 4.16. The molecule has 1 aromatic carbocycles. The van der Waals surface area contributed by atoms with E-state index in [-0.39, 0.29) is 0 Å². The smallest absolute Gasteiger partial charge is 0.0431 e. The van der Waals surface area contributed by atoms with E-state index >= 15 is 0 Å². The van der Waals surface area contributed by atoms with E-state index in [1.54, 1.807) is 0 Å². The predicted molar refractivity (Wildman–Crippen MR) is 64.9 cm³/mol. The molecule has 1 rings (SSSR count). The average molecular weight is 206 g/mol. The van der Waals surface area contributed by atoms with Crippen molar-refractivity contribution in [3.63, 3.8) is 0 Å². The first-order valence-corrected chi connectivity index (χ1v) is 6.01. The van der Waals surface area contributed by atoms with Gasteiger partial charge >= 0.3 is 0 Å². The lowest BCUT2D eigenvalue weighted by atomic mass is 9.93. The van der Waals surface area contributed by atoms with Crippen LogP contribution in [-0.2, 0) is 6.42 Å². The van der Waals surface area contributed by atoms with Gasteiger partial charge in [-0.1, -0.05) is 43.7 Å². The van der Waals surface area contributed by atoms with Crippen LogP contribution in [0, 0.1) is 5.92 Å². The molecule has 0 aliphatic rings. The SMILES string of the molecule is CCC(CCCO)CCc1ccccc1. The van der Waals surface area contributed by atoms with Gasteiger partial charge in [0.1, 0.15) is 0 Å². The van der Waals surface area contributed by atoms with E-state index in [1.165, 1.54) is 31.2 Å². The van der Waals surface area contributed by atoms with Gasteiger partial charge in [-0.15, -0.1) is 0 Å². The summed E-state index contributed by atoms with van der Waals surface area (Å²) in [4.78, 5) is 0. The fourth-order valence-corrected chi connectivity index (χ4v) is 1.95. The zero-order valence-electron chi connectivity index (χ0n) is 9.65. The van der Waals surface area contributed by atoms with Gasteiger partial charge in [0.2, 0.25) is 0 Å². The second kappa shape index (κ2) is 7.47. The Kier molecular flexibility index (Phi) is 6.10. The van der Waals surface area contributed by atoms with Crippen LogP contribution < -0.4 is 0 Å². The molecule has 0 spiro atoms. The van der Waals surface area contributed by atoms with E-state index in [2.05, 4.69) is 37.3 Å². The molecule has 0 bridgehead atoms. The first-order valence-electron chi connectivity index (χ1n) is 6.01. The lowest BCUT2D eigenvalue weighted by molar-refractivity contribution is 0.267. The van der Waals surface area contributed by atoms with Gasteiger partial charge in [0.15, 0.2) is 0 Å². The lowest BCUT2D eigenvalue weighted by Crippen LogP contribution is -2.02. The van der Waals surface area contributed by atoms with Gasteiger partial charge in [0.05, 0.1) is 0 Å². The number of aliphatic hydroxyl groups is 1. The van der Waals surface area contributed by atoms with Crippen LogP contribution in [0.15, 0.2) is 30.3 Å². The van der Waals surface area contributed by atoms with E-state index in [0.717, 1.165) is 12.3 Å². The van der Waals surface area contributed by atoms with Gasteiger partial charge in [0, 0.05) is 6.61 Å². The standard InChI is InChI=1S/C14H22O/c1-2-13(9-6-12-15)10-11-14-7-4-3-5-8-14/h3-5,7-8,13,15H,2,6,9-12H2,1H3. The van der Waals surface area contributed by atoms with E-state index < -0.39 is 0 Å². The highest BCUT2D eigenvalue weighted by molar-refractivity contribution is 5.14. The molecule has 0 aliphatic heterocycles. The molecule has 1 atom stereocenters. The minimum atomic E-state index is 0.335. The van der Waals surface area contributed by atoms with Gasteiger partial charge < -0.3 is 5.11 Å². The van der Waals surface area contributed by atoms with Crippen molar-refractivity contribution in [2.24, 2.45) is 5.92 Å². The van der Waals surface area contributed by atoms with Crippen LogP contribution in [0.25, 0.3) is 0 Å². The first-order chi connectivity index (χ1) is 7.36. The summed E-state index contributed by atoms with van der Waals surface area (Å²) in [6.07, 6.45) is 5.77. The maximum Gasteiger partial charge on any atom is 0.0431 e. The van der Waals surface area contributed by atoms with Crippen LogP contribution in [0.3, 0.4) is 0 Å². The molecule has 84 valence electrons. The molecule has 1 unspecified atom stereocenters. The van der Waals surface area contributed by atoms with E-state index in [9.17, 15) is 0 Å². The number of aliphatic hydroxyl groups excluding tert-OH is 1.